The Morgan fingerprint density at radius 2 is 2.12 bits per heavy atom. The van der Waals surface area contributed by atoms with E-state index in [9.17, 15) is 9.90 Å². The molecule has 2 aromatic carbocycles. The number of likely N-dealkylation sites (N-methyl/N-ethyl adjacent to an activating group) is 1. The molecule has 3 N–H and O–H groups in total. The van der Waals surface area contributed by atoms with Crippen molar-refractivity contribution < 1.29 is 9.90 Å². The Morgan fingerprint density at radius 3 is 2.92 bits per heavy atom. The van der Waals surface area contributed by atoms with Crippen LogP contribution in [0.3, 0.4) is 0 Å². The minimum Gasteiger partial charge on any atom is -0.387 e. The van der Waals surface area contributed by atoms with Gasteiger partial charge in [0.2, 0.25) is 0 Å². The Kier molecular flexibility index (Phi) is 4.92. The van der Waals surface area contributed by atoms with Crippen molar-refractivity contribution in [2.24, 2.45) is 0 Å². The van der Waals surface area contributed by atoms with Gasteiger partial charge in [0.15, 0.2) is 0 Å². The third kappa shape index (κ3) is 3.63. The van der Waals surface area contributed by atoms with E-state index in [-0.39, 0.29) is 6.54 Å². The summed E-state index contributed by atoms with van der Waals surface area (Å²) < 4.78 is 0. The van der Waals surface area contributed by atoms with Crippen molar-refractivity contribution in [1.82, 2.24) is 5.32 Å². The fourth-order valence-corrected chi connectivity index (χ4v) is 3.01. The van der Waals surface area contributed by atoms with Gasteiger partial charge in [-0.25, -0.2) is 4.79 Å². The third-order valence-corrected chi connectivity index (χ3v) is 4.52. The lowest BCUT2D eigenvalue weighted by Gasteiger charge is -2.16. The van der Waals surface area contributed by atoms with E-state index in [1.807, 2.05) is 18.2 Å². The molecule has 0 bridgehead atoms. The number of benzene rings is 2. The minimum absolute atomic E-state index is 0.130. The number of carbonyl (C=O) groups excluding carboxylic acids is 1. The Hall–Kier alpha value is -2.24. The van der Waals surface area contributed by atoms with Crippen molar-refractivity contribution in [3.8, 4) is 0 Å². The summed E-state index contributed by atoms with van der Waals surface area (Å²) in [6.45, 7) is 1.12. The molecule has 6 heteroatoms. The lowest BCUT2D eigenvalue weighted by atomic mass is 10.0. The summed E-state index contributed by atoms with van der Waals surface area (Å²) in [6.07, 6.45) is 0.227. The van der Waals surface area contributed by atoms with Crippen molar-refractivity contribution in [2.45, 2.75) is 12.5 Å². The van der Waals surface area contributed by atoms with E-state index in [4.69, 9.17) is 11.6 Å². The average molecular weight is 346 g/mol. The van der Waals surface area contributed by atoms with E-state index in [2.05, 4.69) is 22.6 Å². The number of rotatable bonds is 4. The molecule has 1 unspecified atom stereocenters. The second-order valence-corrected chi connectivity index (χ2v) is 6.30. The monoisotopic (exact) mass is 345 g/mol. The number of fused-ring (bicyclic) bond motifs is 1. The topological polar surface area (TPSA) is 64.6 Å². The standard InChI is InChI=1S/C18H20ClN3O2/c1-22-9-8-12-10-13(6-7-16(12)22)17(23)11-20-18(24)21-15-5-3-2-4-14(15)19/h2-7,10,17,23H,8-9,11H2,1H3,(H2,20,21,24). The number of nitrogens with zero attached hydrogens (tertiary/aromatic N) is 1. The van der Waals surface area contributed by atoms with E-state index in [0.29, 0.717) is 10.7 Å². The quantitative estimate of drug-likeness (QED) is 0.797. The summed E-state index contributed by atoms with van der Waals surface area (Å²) in [5.41, 5.74) is 3.78. The highest BCUT2D eigenvalue weighted by Crippen LogP contribution is 2.29. The lowest BCUT2D eigenvalue weighted by molar-refractivity contribution is 0.175. The van der Waals surface area contributed by atoms with Gasteiger partial charge < -0.3 is 20.6 Å². The van der Waals surface area contributed by atoms with Crippen molar-refractivity contribution >= 4 is 29.0 Å². The van der Waals surface area contributed by atoms with E-state index < -0.39 is 12.1 Å². The second kappa shape index (κ2) is 7.11. The molecule has 24 heavy (non-hydrogen) atoms. The number of carbonyl (C=O) groups is 1. The number of amides is 2. The predicted octanol–water partition coefficient (Wildman–Crippen LogP) is 3.19. The normalized spacial score (nSPS) is 14.2. The number of halogens is 1. The van der Waals surface area contributed by atoms with Crippen molar-refractivity contribution in [3.05, 3.63) is 58.6 Å². The van der Waals surface area contributed by atoms with E-state index in [1.54, 1.807) is 24.3 Å². The number of aliphatic hydroxyl groups is 1. The molecule has 0 aliphatic carbocycles. The maximum atomic E-state index is 11.9. The van der Waals surface area contributed by atoms with Gasteiger partial charge in [-0.05, 0) is 35.7 Å². The van der Waals surface area contributed by atoms with Crippen LogP contribution in [0.15, 0.2) is 42.5 Å². The molecule has 2 aromatic rings. The molecule has 1 heterocycles. The largest absolute Gasteiger partial charge is 0.387 e. The molecule has 0 fully saturated rings. The Bertz CT molecular complexity index is 751. The fourth-order valence-electron chi connectivity index (χ4n) is 2.83. The number of nitrogens with one attached hydrogen (secondary N) is 2. The first-order chi connectivity index (χ1) is 11.5. The van der Waals surface area contributed by atoms with Crippen molar-refractivity contribution in [1.29, 1.82) is 0 Å². The van der Waals surface area contributed by atoms with Crippen molar-refractivity contribution in [2.75, 3.05) is 30.4 Å². The molecular formula is C18H20ClN3O2. The molecule has 1 aliphatic rings. The zero-order valence-electron chi connectivity index (χ0n) is 13.4. The number of hydrogen-bond donors (Lipinski definition) is 3. The number of aliphatic hydroxyl groups excluding tert-OH is 1. The van der Waals surface area contributed by atoms with Gasteiger partial charge in [-0.15, -0.1) is 0 Å². The highest BCUT2D eigenvalue weighted by molar-refractivity contribution is 6.33. The van der Waals surface area contributed by atoms with Crippen LogP contribution >= 0.6 is 11.6 Å². The van der Waals surface area contributed by atoms with Crippen LogP contribution in [0.25, 0.3) is 0 Å². The molecule has 5 nitrogen and oxygen atoms in total. The van der Waals surface area contributed by atoms with Crippen molar-refractivity contribution in [3.63, 3.8) is 0 Å². The van der Waals surface area contributed by atoms with Crippen LogP contribution in [0.4, 0.5) is 16.2 Å². The summed E-state index contributed by atoms with van der Waals surface area (Å²) in [7, 11) is 2.06. The molecule has 0 radical (unpaired) electrons. The summed E-state index contributed by atoms with van der Waals surface area (Å²) in [5, 5.41) is 16.1. The first kappa shape index (κ1) is 16.6. The number of hydrogen-bond acceptors (Lipinski definition) is 3. The second-order valence-electron chi connectivity index (χ2n) is 5.89. The Labute approximate surface area is 146 Å². The summed E-state index contributed by atoms with van der Waals surface area (Å²) in [4.78, 5) is 14.1. The van der Waals surface area contributed by atoms with Crippen LogP contribution < -0.4 is 15.5 Å². The minimum atomic E-state index is -0.752. The summed E-state index contributed by atoms with van der Waals surface area (Å²) >= 11 is 6.00. The van der Waals surface area contributed by atoms with Crippen LogP contribution in [0, 0.1) is 0 Å². The average Bonchev–Trinajstić information content (AvgIpc) is 2.95. The van der Waals surface area contributed by atoms with E-state index >= 15 is 0 Å². The Balaban J connectivity index is 1.57. The molecule has 2 amide bonds. The smallest absolute Gasteiger partial charge is 0.319 e. The van der Waals surface area contributed by atoms with E-state index in [1.165, 1.54) is 11.3 Å². The molecule has 0 aromatic heterocycles. The van der Waals surface area contributed by atoms with Gasteiger partial charge in [-0.2, -0.15) is 0 Å². The zero-order chi connectivity index (χ0) is 17.1. The van der Waals surface area contributed by atoms with Gasteiger partial charge in [-0.3, -0.25) is 0 Å². The molecule has 126 valence electrons. The van der Waals surface area contributed by atoms with Gasteiger partial charge in [0.05, 0.1) is 16.8 Å². The maximum absolute atomic E-state index is 11.9. The van der Waals surface area contributed by atoms with Gasteiger partial charge in [0.25, 0.3) is 0 Å². The molecule has 0 spiro atoms. The molecule has 0 saturated carbocycles. The maximum Gasteiger partial charge on any atom is 0.319 e. The molecule has 1 atom stereocenters. The van der Waals surface area contributed by atoms with Gasteiger partial charge in [0.1, 0.15) is 0 Å². The zero-order valence-corrected chi connectivity index (χ0v) is 14.2. The fraction of sp³-hybridized carbons (Fsp3) is 0.278. The van der Waals surface area contributed by atoms with Crippen LogP contribution in [-0.4, -0.2) is 31.3 Å². The highest BCUT2D eigenvalue weighted by atomic mass is 35.5. The van der Waals surface area contributed by atoms with Gasteiger partial charge >= 0.3 is 6.03 Å². The predicted molar refractivity (Wildman–Crippen MR) is 96.8 cm³/mol. The first-order valence-electron chi connectivity index (χ1n) is 7.86. The highest BCUT2D eigenvalue weighted by Gasteiger charge is 2.18. The molecule has 3 rings (SSSR count). The summed E-state index contributed by atoms with van der Waals surface area (Å²) in [6, 6.07) is 12.5. The van der Waals surface area contributed by atoms with Crippen LogP contribution in [0.2, 0.25) is 5.02 Å². The summed E-state index contributed by atoms with van der Waals surface area (Å²) in [5.74, 6) is 0. The van der Waals surface area contributed by atoms with Gasteiger partial charge in [-0.1, -0.05) is 35.9 Å². The SMILES string of the molecule is CN1CCc2cc(C(O)CNC(=O)Nc3ccccc3Cl)ccc21. The van der Waals surface area contributed by atoms with Crippen LogP contribution in [0.5, 0.6) is 0 Å². The Morgan fingerprint density at radius 1 is 1.33 bits per heavy atom. The molecule has 1 aliphatic heterocycles. The lowest BCUT2D eigenvalue weighted by Crippen LogP contribution is -2.32. The third-order valence-electron chi connectivity index (χ3n) is 4.19. The van der Waals surface area contributed by atoms with Crippen LogP contribution in [0.1, 0.15) is 17.2 Å². The van der Waals surface area contributed by atoms with Gasteiger partial charge in [0, 0.05) is 25.8 Å². The number of anilines is 2. The van der Waals surface area contributed by atoms with E-state index in [0.717, 1.165) is 18.5 Å². The number of urea groups is 1. The van der Waals surface area contributed by atoms with Crippen LogP contribution in [-0.2, 0) is 6.42 Å². The number of para-hydroxylation sites is 1. The molecular weight excluding hydrogens is 326 g/mol. The first-order valence-corrected chi connectivity index (χ1v) is 8.24. The molecule has 0 saturated heterocycles.